The zero-order valence-corrected chi connectivity index (χ0v) is 18.2. The lowest BCUT2D eigenvalue weighted by molar-refractivity contribution is 0.171. The fourth-order valence-corrected chi connectivity index (χ4v) is 3.99. The molecule has 0 amide bonds. The second kappa shape index (κ2) is 8.56. The van der Waals surface area contributed by atoms with Crippen molar-refractivity contribution in [1.29, 1.82) is 0 Å². The topological polar surface area (TPSA) is 71.5 Å². The van der Waals surface area contributed by atoms with E-state index in [0.29, 0.717) is 36.0 Å². The first-order valence-corrected chi connectivity index (χ1v) is 10.7. The van der Waals surface area contributed by atoms with Crippen LogP contribution in [0.2, 0.25) is 5.15 Å². The molecule has 9 heteroatoms. The number of hydrogen-bond donors (Lipinski definition) is 2. The predicted octanol–water partition coefficient (Wildman–Crippen LogP) is 3.91. The molecule has 2 N–H and O–H groups in total. The van der Waals surface area contributed by atoms with E-state index < -0.39 is 0 Å². The number of aromatic nitrogens is 2. The van der Waals surface area contributed by atoms with Crippen LogP contribution in [0.15, 0.2) is 48.5 Å². The van der Waals surface area contributed by atoms with Crippen molar-refractivity contribution < 1.29 is 9.47 Å². The van der Waals surface area contributed by atoms with Crippen molar-refractivity contribution in [3.63, 3.8) is 0 Å². The van der Waals surface area contributed by atoms with Gasteiger partial charge in [-0.15, -0.1) is 0 Å². The average Bonchev–Trinajstić information content (AvgIpc) is 3.22. The van der Waals surface area contributed by atoms with Gasteiger partial charge >= 0.3 is 0 Å². The molecule has 2 aliphatic rings. The first-order chi connectivity index (χ1) is 15.1. The molecule has 0 saturated heterocycles. The van der Waals surface area contributed by atoms with Crippen LogP contribution in [0.25, 0.3) is 0 Å². The molecule has 3 heterocycles. The Morgan fingerprint density at radius 3 is 2.52 bits per heavy atom. The molecular formula is C22H20ClN5O2S. The SMILES string of the molecule is S=C(NCc1ccc2c(c1)OCCO2)Nc1nc(Cl)cc(N2Cc3ccccc3C2)n1. The van der Waals surface area contributed by atoms with E-state index in [1.54, 1.807) is 6.07 Å². The average molecular weight is 454 g/mol. The van der Waals surface area contributed by atoms with E-state index in [-0.39, 0.29) is 0 Å². The van der Waals surface area contributed by atoms with E-state index >= 15 is 0 Å². The van der Waals surface area contributed by atoms with Crippen molar-refractivity contribution in [2.75, 3.05) is 23.4 Å². The summed E-state index contributed by atoms with van der Waals surface area (Å²) in [4.78, 5) is 11.0. The normalized spacial score (nSPS) is 14.2. The number of thiocarbonyl (C=S) groups is 1. The molecule has 0 fully saturated rings. The van der Waals surface area contributed by atoms with Gasteiger partial charge in [-0.25, -0.2) is 4.98 Å². The van der Waals surface area contributed by atoms with Crippen molar-refractivity contribution >= 4 is 40.7 Å². The van der Waals surface area contributed by atoms with Crippen molar-refractivity contribution in [2.45, 2.75) is 19.6 Å². The number of hydrogen-bond acceptors (Lipinski definition) is 6. The lowest BCUT2D eigenvalue weighted by Crippen LogP contribution is -2.29. The Kier molecular flexibility index (Phi) is 5.48. The molecule has 0 radical (unpaired) electrons. The number of nitrogens with zero attached hydrogens (tertiary/aromatic N) is 3. The third kappa shape index (κ3) is 4.50. The Morgan fingerprint density at radius 2 is 1.74 bits per heavy atom. The Morgan fingerprint density at radius 1 is 1.00 bits per heavy atom. The maximum atomic E-state index is 6.26. The molecule has 2 aliphatic heterocycles. The Hall–Kier alpha value is -3.10. The number of fused-ring (bicyclic) bond motifs is 2. The van der Waals surface area contributed by atoms with Crippen LogP contribution in [0.4, 0.5) is 11.8 Å². The Labute approximate surface area is 190 Å². The Balaban J connectivity index is 1.22. The summed E-state index contributed by atoms with van der Waals surface area (Å²) in [6.07, 6.45) is 0. The number of benzene rings is 2. The van der Waals surface area contributed by atoms with Crippen LogP contribution in [0.1, 0.15) is 16.7 Å². The molecule has 3 aromatic rings. The van der Waals surface area contributed by atoms with Crippen LogP contribution in [0.5, 0.6) is 11.5 Å². The van der Waals surface area contributed by atoms with Gasteiger partial charge in [0.25, 0.3) is 0 Å². The summed E-state index contributed by atoms with van der Waals surface area (Å²) in [6.45, 7) is 3.23. The molecule has 7 nitrogen and oxygen atoms in total. The molecule has 0 atom stereocenters. The third-order valence-corrected chi connectivity index (χ3v) is 5.57. The molecule has 0 aliphatic carbocycles. The van der Waals surface area contributed by atoms with Gasteiger partial charge in [-0.05, 0) is 41.0 Å². The summed E-state index contributed by atoms with van der Waals surface area (Å²) in [6, 6.07) is 16.0. The van der Waals surface area contributed by atoms with E-state index in [2.05, 4.69) is 37.6 Å². The second-order valence-electron chi connectivity index (χ2n) is 7.28. The molecule has 0 spiro atoms. The molecule has 2 aromatic carbocycles. The highest BCUT2D eigenvalue weighted by Crippen LogP contribution is 2.31. The highest BCUT2D eigenvalue weighted by Gasteiger charge is 2.21. The smallest absolute Gasteiger partial charge is 0.232 e. The van der Waals surface area contributed by atoms with Crippen molar-refractivity contribution in [3.8, 4) is 11.5 Å². The molecule has 0 bridgehead atoms. The van der Waals surface area contributed by atoms with Crippen molar-refractivity contribution in [2.24, 2.45) is 0 Å². The largest absolute Gasteiger partial charge is 0.486 e. The maximum absolute atomic E-state index is 6.26. The van der Waals surface area contributed by atoms with Crippen molar-refractivity contribution in [3.05, 3.63) is 70.4 Å². The molecule has 31 heavy (non-hydrogen) atoms. The molecule has 5 rings (SSSR count). The van der Waals surface area contributed by atoms with E-state index in [9.17, 15) is 0 Å². The summed E-state index contributed by atoms with van der Waals surface area (Å²) in [7, 11) is 0. The van der Waals surface area contributed by atoms with E-state index in [4.69, 9.17) is 33.3 Å². The van der Waals surface area contributed by atoms with Gasteiger partial charge in [0.05, 0.1) is 0 Å². The van der Waals surface area contributed by atoms with Gasteiger partial charge in [-0.1, -0.05) is 41.9 Å². The monoisotopic (exact) mass is 453 g/mol. The molecular weight excluding hydrogens is 434 g/mol. The molecule has 0 saturated carbocycles. The van der Waals surface area contributed by atoms with Crippen LogP contribution in [-0.4, -0.2) is 28.3 Å². The van der Waals surface area contributed by atoms with Crippen molar-refractivity contribution in [1.82, 2.24) is 15.3 Å². The molecule has 1 aromatic heterocycles. The van der Waals surface area contributed by atoms with Crippen LogP contribution in [0, 0.1) is 0 Å². The minimum Gasteiger partial charge on any atom is -0.486 e. The minimum atomic E-state index is 0.359. The maximum Gasteiger partial charge on any atom is 0.232 e. The zero-order chi connectivity index (χ0) is 21.2. The summed E-state index contributed by atoms with van der Waals surface area (Å²) in [5.41, 5.74) is 3.61. The van der Waals surface area contributed by atoms with E-state index in [0.717, 1.165) is 36.0 Å². The fourth-order valence-electron chi connectivity index (χ4n) is 3.64. The number of halogens is 1. The quantitative estimate of drug-likeness (QED) is 0.455. The molecule has 0 unspecified atom stereocenters. The van der Waals surface area contributed by atoms with E-state index in [1.807, 2.05) is 30.3 Å². The summed E-state index contributed by atoms with van der Waals surface area (Å²) >= 11 is 11.7. The summed E-state index contributed by atoms with van der Waals surface area (Å²) in [5, 5.41) is 6.96. The highest BCUT2D eigenvalue weighted by atomic mass is 35.5. The summed E-state index contributed by atoms with van der Waals surface area (Å²) in [5.74, 6) is 2.63. The Bertz CT molecular complexity index is 1120. The number of ether oxygens (including phenoxy) is 2. The van der Waals surface area contributed by atoms with Gasteiger partial charge in [-0.3, -0.25) is 0 Å². The second-order valence-corrected chi connectivity index (χ2v) is 8.08. The van der Waals surface area contributed by atoms with Crippen LogP contribution >= 0.6 is 23.8 Å². The lowest BCUT2D eigenvalue weighted by atomic mass is 10.1. The third-order valence-electron chi connectivity index (χ3n) is 5.13. The van der Waals surface area contributed by atoms with Gasteiger partial charge in [0.1, 0.15) is 24.2 Å². The number of anilines is 2. The summed E-state index contributed by atoms with van der Waals surface area (Å²) < 4.78 is 11.2. The standard InChI is InChI=1S/C22H20ClN5O2S/c23-19-10-20(28-12-15-3-1-2-4-16(15)13-28)26-21(25-19)27-22(31)24-11-14-5-6-17-18(9-14)30-8-7-29-17/h1-6,9-10H,7-8,11-13H2,(H2,24,25,26,27,31). The van der Waals surface area contributed by atoms with Crippen LogP contribution in [0.3, 0.4) is 0 Å². The van der Waals surface area contributed by atoms with Gasteiger partial charge in [-0.2, -0.15) is 4.98 Å². The lowest BCUT2D eigenvalue weighted by Gasteiger charge is -2.19. The number of rotatable bonds is 4. The first kappa shape index (κ1) is 19.8. The van der Waals surface area contributed by atoms with Gasteiger partial charge in [0.15, 0.2) is 16.6 Å². The first-order valence-electron chi connectivity index (χ1n) is 9.94. The fraction of sp³-hybridized carbons (Fsp3) is 0.227. The zero-order valence-electron chi connectivity index (χ0n) is 16.6. The van der Waals surface area contributed by atoms with Gasteiger partial charge in [0, 0.05) is 25.7 Å². The van der Waals surface area contributed by atoms with E-state index in [1.165, 1.54) is 11.1 Å². The minimum absolute atomic E-state index is 0.359. The highest BCUT2D eigenvalue weighted by molar-refractivity contribution is 7.80. The molecule has 158 valence electrons. The number of nitrogens with one attached hydrogen (secondary N) is 2. The van der Waals surface area contributed by atoms with Crippen LogP contribution < -0.4 is 25.0 Å². The van der Waals surface area contributed by atoms with Gasteiger partial charge in [0.2, 0.25) is 5.95 Å². The van der Waals surface area contributed by atoms with Gasteiger partial charge < -0.3 is 25.0 Å². The van der Waals surface area contributed by atoms with Crippen LogP contribution in [-0.2, 0) is 19.6 Å². The predicted molar refractivity (Wildman–Crippen MR) is 124 cm³/mol.